The summed E-state index contributed by atoms with van der Waals surface area (Å²) in [5, 5.41) is 11.1. The number of likely N-dealkylation sites (tertiary alicyclic amines) is 1. The maximum absolute atomic E-state index is 12.4. The summed E-state index contributed by atoms with van der Waals surface area (Å²) in [7, 11) is 0. The van der Waals surface area contributed by atoms with Crippen molar-refractivity contribution in [2.45, 2.75) is 20.3 Å². The fraction of sp³-hybridized carbons (Fsp3) is 0.429. The molecule has 1 saturated heterocycles. The number of carbonyl (C=O) groups excluding carboxylic acids is 2. The summed E-state index contributed by atoms with van der Waals surface area (Å²) in [6.07, 6.45) is 0.312. The fourth-order valence-corrected chi connectivity index (χ4v) is 2.44. The van der Waals surface area contributed by atoms with Crippen molar-refractivity contribution >= 4 is 17.4 Å². The third kappa shape index (κ3) is 2.54. The molecule has 0 spiro atoms. The summed E-state index contributed by atoms with van der Waals surface area (Å²) in [5.41, 5.74) is 0.403. The van der Waals surface area contributed by atoms with Gasteiger partial charge in [-0.05, 0) is 13.0 Å². The Morgan fingerprint density at radius 2 is 2.15 bits per heavy atom. The van der Waals surface area contributed by atoms with Crippen LogP contribution in [0.4, 0.5) is 5.69 Å². The second-order valence-electron chi connectivity index (χ2n) is 5.10. The number of hydrogen-bond acceptors (Lipinski definition) is 4. The van der Waals surface area contributed by atoms with E-state index in [0.29, 0.717) is 25.1 Å². The van der Waals surface area contributed by atoms with Crippen LogP contribution in [-0.2, 0) is 4.79 Å². The normalized spacial score (nSPS) is 19.0. The van der Waals surface area contributed by atoms with E-state index in [1.807, 2.05) is 0 Å². The first-order chi connectivity index (χ1) is 9.41. The first-order valence-electron chi connectivity index (χ1n) is 6.47. The van der Waals surface area contributed by atoms with E-state index in [1.54, 1.807) is 26.0 Å². The molecule has 1 atom stereocenters. The van der Waals surface area contributed by atoms with Gasteiger partial charge >= 0.3 is 0 Å². The van der Waals surface area contributed by atoms with Crippen molar-refractivity contribution in [3.63, 3.8) is 0 Å². The van der Waals surface area contributed by atoms with Crippen LogP contribution in [0, 0.1) is 23.0 Å². The standard InChI is InChI=1S/C14H16N2O4/c1-9-4-3-5-11(13(9)16(19)20)14(18)15-7-6-12(17)10(2)8-15/h3-5,10H,6-8H2,1-2H3. The molecule has 1 aromatic rings. The molecule has 0 saturated carbocycles. The zero-order chi connectivity index (χ0) is 14.9. The summed E-state index contributed by atoms with van der Waals surface area (Å²) >= 11 is 0. The Bertz CT molecular complexity index is 583. The Kier molecular flexibility index (Phi) is 3.83. The number of Topliss-reactive ketones (excluding diaryl/α,β-unsaturated/α-hetero) is 1. The number of ketones is 1. The number of amides is 1. The minimum atomic E-state index is -0.527. The number of piperidine rings is 1. The number of nitrogens with zero attached hydrogens (tertiary/aromatic N) is 2. The van der Waals surface area contributed by atoms with Gasteiger partial charge in [0.25, 0.3) is 11.6 Å². The van der Waals surface area contributed by atoms with E-state index in [0.717, 1.165) is 0 Å². The number of rotatable bonds is 2. The van der Waals surface area contributed by atoms with Crippen LogP contribution in [-0.4, -0.2) is 34.6 Å². The van der Waals surface area contributed by atoms with E-state index in [9.17, 15) is 19.7 Å². The second kappa shape index (κ2) is 5.40. The molecular formula is C14H16N2O4. The van der Waals surface area contributed by atoms with Crippen LogP contribution in [0.2, 0.25) is 0 Å². The molecule has 6 heteroatoms. The average molecular weight is 276 g/mol. The molecule has 0 radical (unpaired) electrons. The first kappa shape index (κ1) is 14.2. The summed E-state index contributed by atoms with van der Waals surface area (Å²) in [4.78, 5) is 36.0. The highest BCUT2D eigenvalue weighted by Gasteiger charge is 2.31. The van der Waals surface area contributed by atoms with Crippen molar-refractivity contribution in [3.05, 3.63) is 39.4 Å². The van der Waals surface area contributed by atoms with Gasteiger partial charge in [0.15, 0.2) is 0 Å². The van der Waals surface area contributed by atoms with E-state index in [2.05, 4.69) is 0 Å². The molecule has 6 nitrogen and oxygen atoms in total. The fourth-order valence-electron chi connectivity index (χ4n) is 2.44. The largest absolute Gasteiger partial charge is 0.337 e. The van der Waals surface area contributed by atoms with Crippen molar-refractivity contribution in [3.8, 4) is 0 Å². The van der Waals surface area contributed by atoms with E-state index in [4.69, 9.17) is 0 Å². The van der Waals surface area contributed by atoms with Gasteiger partial charge in [-0.3, -0.25) is 19.7 Å². The Labute approximate surface area is 116 Å². The third-order valence-electron chi connectivity index (χ3n) is 3.61. The lowest BCUT2D eigenvalue weighted by molar-refractivity contribution is -0.385. The van der Waals surface area contributed by atoms with Crippen LogP contribution in [0.3, 0.4) is 0 Å². The van der Waals surface area contributed by atoms with Crippen LogP contribution in [0.1, 0.15) is 29.3 Å². The molecule has 1 fully saturated rings. The molecule has 106 valence electrons. The van der Waals surface area contributed by atoms with E-state index < -0.39 is 4.92 Å². The van der Waals surface area contributed by atoms with Gasteiger partial charge in [0.2, 0.25) is 0 Å². The van der Waals surface area contributed by atoms with Crippen molar-refractivity contribution in [1.82, 2.24) is 4.90 Å². The number of hydrogen-bond donors (Lipinski definition) is 0. The van der Waals surface area contributed by atoms with Crippen molar-refractivity contribution in [2.75, 3.05) is 13.1 Å². The van der Waals surface area contributed by atoms with E-state index >= 15 is 0 Å². The first-order valence-corrected chi connectivity index (χ1v) is 6.47. The zero-order valence-electron chi connectivity index (χ0n) is 11.5. The van der Waals surface area contributed by atoms with Gasteiger partial charge in [-0.25, -0.2) is 0 Å². The lowest BCUT2D eigenvalue weighted by Gasteiger charge is -2.30. The molecule has 0 bridgehead atoms. The van der Waals surface area contributed by atoms with Crippen molar-refractivity contribution in [1.29, 1.82) is 0 Å². The summed E-state index contributed by atoms with van der Waals surface area (Å²) < 4.78 is 0. The number of para-hydroxylation sites is 1. The molecule has 1 aromatic carbocycles. The Hall–Kier alpha value is -2.24. The summed E-state index contributed by atoms with van der Waals surface area (Å²) in [5.74, 6) is -0.455. The highest BCUT2D eigenvalue weighted by Crippen LogP contribution is 2.25. The van der Waals surface area contributed by atoms with Crippen LogP contribution in [0.5, 0.6) is 0 Å². The number of carbonyl (C=O) groups is 2. The topological polar surface area (TPSA) is 80.5 Å². The molecule has 20 heavy (non-hydrogen) atoms. The third-order valence-corrected chi connectivity index (χ3v) is 3.61. The maximum Gasteiger partial charge on any atom is 0.285 e. The number of aryl methyl sites for hydroxylation is 1. The van der Waals surface area contributed by atoms with E-state index in [1.165, 1.54) is 11.0 Å². The predicted molar refractivity (Wildman–Crippen MR) is 72.5 cm³/mol. The molecule has 2 rings (SSSR count). The quantitative estimate of drug-likeness (QED) is 0.610. The smallest absolute Gasteiger partial charge is 0.285 e. The van der Waals surface area contributed by atoms with E-state index in [-0.39, 0.29) is 28.9 Å². The maximum atomic E-state index is 12.4. The molecule has 0 N–H and O–H groups in total. The predicted octanol–water partition coefficient (Wildman–Crippen LogP) is 1.95. The van der Waals surface area contributed by atoms with Gasteiger partial charge in [-0.15, -0.1) is 0 Å². The molecule has 1 amide bonds. The van der Waals surface area contributed by atoms with Gasteiger partial charge in [-0.2, -0.15) is 0 Å². The van der Waals surface area contributed by atoms with Gasteiger partial charge in [0.1, 0.15) is 11.3 Å². The Balaban J connectivity index is 2.32. The molecular weight excluding hydrogens is 260 g/mol. The summed E-state index contributed by atoms with van der Waals surface area (Å²) in [6.45, 7) is 4.03. The van der Waals surface area contributed by atoms with Crippen molar-refractivity contribution < 1.29 is 14.5 Å². The van der Waals surface area contributed by atoms with Gasteiger partial charge in [0, 0.05) is 31.0 Å². The lowest BCUT2D eigenvalue weighted by Crippen LogP contribution is -2.43. The lowest BCUT2D eigenvalue weighted by atomic mass is 9.97. The van der Waals surface area contributed by atoms with Crippen LogP contribution in [0.25, 0.3) is 0 Å². The highest BCUT2D eigenvalue weighted by atomic mass is 16.6. The highest BCUT2D eigenvalue weighted by molar-refractivity contribution is 5.99. The molecule has 1 unspecified atom stereocenters. The number of benzene rings is 1. The Morgan fingerprint density at radius 1 is 1.45 bits per heavy atom. The molecule has 1 aliphatic rings. The van der Waals surface area contributed by atoms with Crippen LogP contribution in [0.15, 0.2) is 18.2 Å². The minimum absolute atomic E-state index is 0.0940. The zero-order valence-corrected chi connectivity index (χ0v) is 11.5. The molecule has 0 aromatic heterocycles. The SMILES string of the molecule is Cc1cccc(C(=O)N2CCC(=O)C(C)C2)c1[N+](=O)[O-]. The monoisotopic (exact) mass is 276 g/mol. The average Bonchev–Trinajstić information content (AvgIpc) is 2.40. The number of nitro benzene ring substituents is 1. The van der Waals surface area contributed by atoms with Gasteiger partial charge < -0.3 is 4.90 Å². The molecule has 0 aliphatic carbocycles. The molecule has 1 heterocycles. The second-order valence-corrected chi connectivity index (χ2v) is 5.10. The van der Waals surface area contributed by atoms with Crippen molar-refractivity contribution in [2.24, 2.45) is 5.92 Å². The minimum Gasteiger partial charge on any atom is -0.337 e. The van der Waals surface area contributed by atoms with Gasteiger partial charge in [-0.1, -0.05) is 19.1 Å². The number of nitro groups is 1. The molecule has 1 aliphatic heterocycles. The summed E-state index contributed by atoms with van der Waals surface area (Å²) in [6, 6.07) is 4.71. The van der Waals surface area contributed by atoms with Crippen LogP contribution >= 0.6 is 0 Å². The van der Waals surface area contributed by atoms with Crippen LogP contribution < -0.4 is 0 Å². The van der Waals surface area contributed by atoms with Gasteiger partial charge in [0.05, 0.1) is 4.92 Å². The Morgan fingerprint density at radius 3 is 2.75 bits per heavy atom.